The standard InChI is InChI=1S/C15H20O4/c1-8-4-5-10-9(2)14(17)18-13(10)15(3)11(8)6-7-12(16)19-15/h8,10-11,13H,2,4-7H2,1,3H3/t8-,10-,11-,13+,15+/m1/s1. The minimum absolute atomic E-state index is 0.00384. The van der Waals surface area contributed by atoms with Gasteiger partial charge in [0, 0.05) is 23.8 Å². The van der Waals surface area contributed by atoms with E-state index in [-0.39, 0.29) is 29.9 Å². The summed E-state index contributed by atoms with van der Waals surface area (Å²) < 4.78 is 11.2. The smallest absolute Gasteiger partial charge is 0.334 e. The number of ether oxygens (including phenoxy) is 2. The number of esters is 2. The highest BCUT2D eigenvalue weighted by Gasteiger charge is 2.59. The van der Waals surface area contributed by atoms with E-state index < -0.39 is 5.60 Å². The zero-order chi connectivity index (χ0) is 13.8. The lowest BCUT2D eigenvalue weighted by molar-refractivity contribution is -0.202. The van der Waals surface area contributed by atoms with E-state index in [1.165, 1.54) is 0 Å². The van der Waals surface area contributed by atoms with Gasteiger partial charge in [0.25, 0.3) is 0 Å². The van der Waals surface area contributed by atoms with Crippen molar-refractivity contribution in [3.63, 3.8) is 0 Å². The molecule has 19 heavy (non-hydrogen) atoms. The van der Waals surface area contributed by atoms with Gasteiger partial charge in [-0.15, -0.1) is 0 Å². The molecule has 104 valence electrons. The third kappa shape index (κ3) is 1.72. The zero-order valence-electron chi connectivity index (χ0n) is 11.5. The Bertz CT molecular complexity index is 455. The molecule has 0 aromatic rings. The first-order valence-corrected chi connectivity index (χ1v) is 7.05. The first-order valence-electron chi connectivity index (χ1n) is 7.05. The molecule has 0 aromatic carbocycles. The number of fused-ring (bicyclic) bond motifs is 3. The number of hydrogen-bond acceptors (Lipinski definition) is 4. The zero-order valence-corrected chi connectivity index (χ0v) is 11.5. The van der Waals surface area contributed by atoms with Crippen LogP contribution >= 0.6 is 0 Å². The van der Waals surface area contributed by atoms with Crippen molar-refractivity contribution < 1.29 is 19.1 Å². The summed E-state index contributed by atoms with van der Waals surface area (Å²) in [6, 6.07) is 0. The van der Waals surface area contributed by atoms with Crippen LogP contribution in [0.1, 0.15) is 39.5 Å². The van der Waals surface area contributed by atoms with Gasteiger partial charge in [-0.1, -0.05) is 13.5 Å². The lowest BCUT2D eigenvalue weighted by Gasteiger charge is -2.45. The molecule has 1 aliphatic carbocycles. The van der Waals surface area contributed by atoms with Crippen molar-refractivity contribution in [2.75, 3.05) is 0 Å². The summed E-state index contributed by atoms with van der Waals surface area (Å²) in [5.74, 6) is 0.219. The van der Waals surface area contributed by atoms with E-state index >= 15 is 0 Å². The maximum Gasteiger partial charge on any atom is 0.334 e. The van der Waals surface area contributed by atoms with Crippen molar-refractivity contribution in [1.29, 1.82) is 0 Å². The van der Waals surface area contributed by atoms with E-state index in [1.807, 2.05) is 6.92 Å². The summed E-state index contributed by atoms with van der Waals surface area (Å²) in [4.78, 5) is 23.5. The van der Waals surface area contributed by atoms with Crippen LogP contribution in [0.15, 0.2) is 12.2 Å². The van der Waals surface area contributed by atoms with Crippen molar-refractivity contribution in [2.45, 2.75) is 51.2 Å². The molecule has 0 bridgehead atoms. The summed E-state index contributed by atoms with van der Waals surface area (Å²) in [6.45, 7) is 7.99. The lowest BCUT2D eigenvalue weighted by Crippen LogP contribution is -2.55. The topological polar surface area (TPSA) is 52.6 Å². The molecule has 4 heteroatoms. The molecular formula is C15H20O4. The van der Waals surface area contributed by atoms with Gasteiger partial charge in [0.2, 0.25) is 0 Å². The molecule has 4 nitrogen and oxygen atoms in total. The maximum absolute atomic E-state index is 11.8. The summed E-state index contributed by atoms with van der Waals surface area (Å²) in [5, 5.41) is 0. The summed E-state index contributed by atoms with van der Waals surface area (Å²) in [7, 11) is 0. The van der Waals surface area contributed by atoms with Gasteiger partial charge in [0.1, 0.15) is 11.7 Å². The molecule has 0 N–H and O–H groups in total. The van der Waals surface area contributed by atoms with Gasteiger partial charge in [-0.2, -0.15) is 0 Å². The molecule has 0 radical (unpaired) electrons. The monoisotopic (exact) mass is 264 g/mol. The van der Waals surface area contributed by atoms with Crippen LogP contribution in [0, 0.1) is 17.8 Å². The van der Waals surface area contributed by atoms with E-state index in [0.717, 1.165) is 19.3 Å². The number of carbonyl (C=O) groups excluding carboxylic acids is 2. The Hall–Kier alpha value is -1.32. The third-order valence-electron chi connectivity index (χ3n) is 5.22. The van der Waals surface area contributed by atoms with Crippen LogP contribution in [-0.4, -0.2) is 23.6 Å². The van der Waals surface area contributed by atoms with Crippen LogP contribution in [0.2, 0.25) is 0 Å². The lowest BCUT2D eigenvalue weighted by atomic mass is 9.72. The SMILES string of the molecule is C=C1C(=O)O[C@H]2[C@@H]1CC[C@@H](C)[C@H]1CCC(=O)O[C@@]12C. The number of carbonyl (C=O) groups is 2. The molecule has 1 saturated carbocycles. The van der Waals surface area contributed by atoms with Gasteiger partial charge in [0.05, 0.1) is 0 Å². The van der Waals surface area contributed by atoms with E-state index in [2.05, 4.69) is 13.5 Å². The Morgan fingerprint density at radius 2 is 2.00 bits per heavy atom. The quantitative estimate of drug-likeness (QED) is 0.497. The van der Waals surface area contributed by atoms with Crippen LogP contribution in [0.25, 0.3) is 0 Å². The van der Waals surface area contributed by atoms with Gasteiger partial charge in [-0.3, -0.25) is 4.79 Å². The molecule has 3 fully saturated rings. The molecule has 3 aliphatic rings. The highest BCUT2D eigenvalue weighted by Crippen LogP contribution is 2.50. The fraction of sp³-hybridized carbons (Fsp3) is 0.733. The van der Waals surface area contributed by atoms with Crippen LogP contribution in [0.4, 0.5) is 0 Å². The molecule has 2 heterocycles. The summed E-state index contributed by atoms with van der Waals surface area (Å²) >= 11 is 0. The normalized spacial score (nSPS) is 45.9. The highest BCUT2D eigenvalue weighted by molar-refractivity contribution is 5.91. The van der Waals surface area contributed by atoms with Crippen molar-refractivity contribution >= 4 is 11.9 Å². The Balaban J connectivity index is 2.02. The predicted molar refractivity (Wildman–Crippen MR) is 68.1 cm³/mol. The Labute approximate surface area is 113 Å². The summed E-state index contributed by atoms with van der Waals surface area (Å²) in [5.41, 5.74) is -0.147. The Morgan fingerprint density at radius 1 is 1.26 bits per heavy atom. The van der Waals surface area contributed by atoms with Gasteiger partial charge < -0.3 is 9.47 Å². The maximum atomic E-state index is 11.8. The molecule has 0 amide bonds. The van der Waals surface area contributed by atoms with E-state index in [4.69, 9.17) is 9.47 Å². The van der Waals surface area contributed by atoms with E-state index in [9.17, 15) is 9.59 Å². The van der Waals surface area contributed by atoms with Crippen molar-refractivity contribution in [3.8, 4) is 0 Å². The van der Waals surface area contributed by atoms with Crippen LogP contribution in [0.5, 0.6) is 0 Å². The number of rotatable bonds is 0. The summed E-state index contributed by atoms with van der Waals surface area (Å²) in [6.07, 6.45) is 2.85. The van der Waals surface area contributed by atoms with Gasteiger partial charge in [0.15, 0.2) is 0 Å². The molecule has 0 spiro atoms. The average Bonchev–Trinajstić information content (AvgIpc) is 2.58. The largest absolute Gasteiger partial charge is 0.455 e. The molecule has 5 atom stereocenters. The van der Waals surface area contributed by atoms with Gasteiger partial charge in [-0.25, -0.2) is 4.79 Å². The predicted octanol–water partition coefficient (Wildman–Crippen LogP) is 2.23. The van der Waals surface area contributed by atoms with E-state index in [0.29, 0.717) is 17.9 Å². The second kappa shape index (κ2) is 4.09. The minimum atomic E-state index is -0.689. The van der Waals surface area contributed by atoms with E-state index in [1.54, 1.807) is 0 Å². The molecular weight excluding hydrogens is 244 g/mol. The van der Waals surface area contributed by atoms with Crippen LogP contribution in [0.3, 0.4) is 0 Å². The minimum Gasteiger partial charge on any atom is -0.455 e. The Morgan fingerprint density at radius 3 is 2.74 bits per heavy atom. The first-order chi connectivity index (χ1) is 8.93. The Kier molecular flexibility index (Phi) is 2.73. The fourth-order valence-corrected chi connectivity index (χ4v) is 4.14. The second-order valence-corrected chi connectivity index (χ2v) is 6.32. The third-order valence-corrected chi connectivity index (χ3v) is 5.22. The van der Waals surface area contributed by atoms with Crippen molar-refractivity contribution in [3.05, 3.63) is 12.2 Å². The highest BCUT2D eigenvalue weighted by atomic mass is 16.6. The van der Waals surface area contributed by atoms with Gasteiger partial charge in [-0.05, 0) is 32.1 Å². The first kappa shape index (κ1) is 12.7. The molecule has 2 saturated heterocycles. The molecule has 0 aromatic heterocycles. The van der Waals surface area contributed by atoms with Crippen molar-refractivity contribution in [1.82, 2.24) is 0 Å². The number of hydrogen-bond donors (Lipinski definition) is 0. The average molecular weight is 264 g/mol. The van der Waals surface area contributed by atoms with Gasteiger partial charge >= 0.3 is 11.9 Å². The molecule has 2 aliphatic heterocycles. The van der Waals surface area contributed by atoms with Crippen LogP contribution in [-0.2, 0) is 19.1 Å². The molecule has 3 rings (SSSR count). The second-order valence-electron chi connectivity index (χ2n) is 6.32. The van der Waals surface area contributed by atoms with Crippen LogP contribution < -0.4 is 0 Å². The van der Waals surface area contributed by atoms with Crippen molar-refractivity contribution in [2.24, 2.45) is 17.8 Å². The fourth-order valence-electron chi connectivity index (χ4n) is 4.14. The molecule has 0 unspecified atom stereocenters.